The van der Waals surface area contributed by atoms with E-state index in [1.54, 1.807) is 0 Å². The van der Waals surface area contributed by atoms with E-state index in [1.807, 2.05) is 0 Å². The Labute approximate surface area is 103 Å². The highest BCUT2D eigenvalue weighted by atomic mass is 35.5. The fourth-order valence-electron chi connectivity index (χ4n) is 1.14. The molecule has 0 atom stereocenters. The van der Waals surface area contributed by atoms with Gasteiger partial charge in [0.05, 0.1) is 19.2 Å². The van der Waals surface area contributed by atoms with Gasteiger partial charge in [0.15, 0.2) is 18.1 Å². The van der Waals surface area contributed by atoms with E-state index >= 15 is 0 Å². The van der Waals surface area contributed by atoms with Gasteiger partial charge in [0.25, 0.3) is 0 Å². The van der Waals surface area contributed by atoms with Crippen molar-refractivity contribution in [1.29, 1.82) is 0 Å². The van der Waals surface area contributed by atoms with Crippen molar-refractivity contribution in [3.8, 4) is 11.5 Å². The molecular weight excluding hydrogens is 248 g/mol. The van der Waals surface area contributed by atoms with Crippen LogP contribution in [0.5, 0.6) is 11.5 Å². The number of aldehydes is 1. The Hall–Kier alpha value is -1.75. The molecule has 0 fully saturated rings. The number of hydrogen-bond donors (Lipinski definition) is 0. The van der Waals surface area contributed by atoms with Crippen LogP contribution in [-0.4, -0.2) is 33.1 Å². The SMILES string of the molecule is COC(=O)COc1c(Cl)cc(C=O)cc1OC. The maximum Gasteiger partial charge on any atom is 0.343 e. The number of halogens is 1. The fraction of sp³-hybridized carbons (Fsp3) is 0.273. The first-order valence-electron chi connectivity index (χ1n) is 4.64. The molecule has 0 saturated heterocycles. The zero-order valence-electron chi connectivity index (χ0n) is 9.36. The van der Waals surface area contributed by atoms with Gasteiger partial charge in [0, 0.05) is 5.56 Å². The average molecular weight is 259 g/mol. The zero-order chi connectivity index (χ0) is 12.8. The van der Waals surface area contributed by atoms with Crippen LogP contribution in [0.1, 0.15) is 10.4 Å². The quantitative estimate of drug-likeness (QED) is 0.594. The van der Waals surface area contributed by atoms with Gasteiger partial charge in [-0.25, -0.2) is 4.79 Å². The molecular formula is C11H11ClO5. The molecule has 0 aliphatic heterocycles. The molecule has 0 aromatic heterocycles. The topological polar surface area (TPSA) is 61.8 Å². The highest BCUT2D eigenvalue weighted by Gasteiger charge is 2.13. The highest BCUT2D eigenvalue weighted by Crippen LogP contribution is 2.35. The van der Waals surface area contributed by atoms with Crippen LogP contribution in [0.15, 0.2) is 12.1 Å². The summed E-state index contributed by atoms with van der Waals surface area (Å²) in [7, 11) is 2.66. The first-order chi connectivity index (χ1) is 8.12. The summed E-state index contributed by atoms with van der Waals surface area (Å²) in [5.74, 6) is -0.0590. The van der Waals surface area contributed by atoms with Crippen LogP contribution in [0.4, 0.5) is 0 Å². The average Bonchev–Trinajstić information content (AvgIpc) is 2.35. The van der Waals surface area contributed by atoms with E-state index in [1.165, 1.54) is 26.4 Å². The van der Waals surface area contributed by atoms with Crippen molar-refractivity contribution in [1.82, 2.24) is 0 Å². The molecule has 5 nitrogen and oxygen atoms in total. The van der Waals surface area contributed by atoms with Gasteiger partial charge in [-0.1, -0.05) is 11.6 Å². The number of hydrogen-bond acceptors (Lipinski definition) is 5. The Morgan fingerprint density at radius 2 is 2.12 bits per heavy atom. The van der Waals surface area contributed by atoms with Crippen LogP contribution < -0.4 is 9.47 Å². The summed E-state index contributed by atoms with van der Waals surface area (Å²) in [6, 6.07) is 2.88. The lowest BCUT2D eigenvalue weighted by molar-refractivity contribution is -0.142. The van der Waals surface area contributed by atoms with Crippen LogP contribution in [-0.2, 0) is 9.53 Å². The molecule has 1 rings (SSSR count). The molecule has 0 unspecified atom stereocenters. The van der Waals surface area contributed by atoms with E-state index < -0.39 is 5.97 Å². The van der Waals surface area contributed by atoms with E-state index in [9.17, 15) is 9.59 Å². The van der Waals surface area contributed by atoms with Crippen LogP contribution in [0.25, 0.3) is 0 Å². The third-order valence-electron chi connectivity index (χ3n) is 1.95. The normalized spacial score (nSPS) is 9.59. The van der Waals surface area contributed by atoms with E-state index in [-0.39, 0.29) is 23.1 Å². The molecule has 0 radical (unpaired) electrons. The van der Waals surface area contributed by atoms with Crippen LogP contribution >= 0.6 is 11.6 Å². The minimum Gasteiger partial charge on any atom is -0.493 e. The van der Waals surface area contributed by atoms with Crippen molar-refractivity contribution >= 4 is 23.9 Å². The molecule has 0 amide bonds. The number of benzene rings is 1. The smallest absolute Gasteiger partial charge is 0.343 e. The predicted octanol–water partition coefficient (Wildman–Crippen LogP) is 1.71. The first kappa shape index (κ1) is 13.3. The second kappa shape index (κ2) is 6.10. The lowest BCUT2D eigenvalue weighted by Crippen LogP contribution is -2.13. The van der Waals surface area contributed by atoms with Crippen LogP contribution in [0, 0.1) is 0 Å². The summed E-state index contributed by atoms with van der Waals surface area (Å²) >= 11 is 5.90. The lowest BCUT2D eigenvalue weighted by Gasteiger charge is -2.11. The minimum atomic E-state index is -0.539. The van der Waals surface area contributed by atoms with Gasteiger partial charge in [0.2, 0.25) is 0 Å². The van der Waals surface area contributed by atoms with Crippen molar-refractivity contribution in [2.45, 2.75) is 0 Å². The number of carbonyl (C=O) groups excluding carboxylic acids is 2. The molecule has 0 aliphatic rings. The fourth-order valence-corrected chi connectivity index (χ4v) is 1.41. The van der Waals surface area contributed by atoms with Gasteiger partial charge < -0.3 is 14.2 Å². The highest BCUT2D eigenvalue weighted by molar-refractivity contribution is 6.32. The molecule has 0 aliphatic carbocycles. The summed E-state index contributed by atoms with van der Waals surface area (Å²) in [4.78, 5) is 21.6. The molecule has 0 spiro atoms. The van der Waals surface area contributed by atoms with Gasteiger partial charge in [-0.2, -0.15) is 0 Å². The molecule has 0 heterocycles. The second-order valence-corrected chi connectivity index (χ2v) is 3.42. The maximum atomic E-state index is 10.9. The Kier molecular flexibility index (Phi) is 4.78. The molecule has 92 valence electrons. The van der Waals surface area contributed by atoms with Gasteiger partial charge in [-0.05, 0) is 12.1 Å². The lowest BCUT2D eigenvalue weighted by atomic mass is 10.2. The predicted molar refractivity (Wildman–Crippen MR) is 60.9 cm³/mol. The molecule has 6 heteroatoms. The summed E-state index contributed by atoms with van der Waals surface area (Å²) in [6.07, 6.45) is 0.637. The number of carbonyl (C=O) groups is 2. The van der Waals surface area contributed by atoms with Crippen molar-refractivity contribution < 1.29 is 23.8 Å². The molecule has 1 aromatic rings. The Morgan fingerprint density at radius 3 is 2.65 bits per heavy atom. The van der Waals surface area contributed by atoms with Gasteiger partial charge in [-0.3, -0.25) is 4.79 Å². The third-order valence-corrected chi connectivity index (χ3v) is 2.23. The molecule has 0 bridgehead atoms. The van der Waals surface area contributed by atoms with E-state index in [4.69, 9.17) is 21.1 Å². The molecule has 0 N–H and O–H groups in total. The monoisotopic (exact) mass is 258 g/mol. The van der Waals surface area contributed by atoms with E-state index in [2.05, 4.69) is 4.74 Å². The number of esters is 1. The van der Waals surface area contributed by atoms with Gasteiger partial charge in [-0.15, -0.1) is 0 Å². The van der Waals surface area contributed by atoms with Gasteiger partial charge in [0.1, 0.15) is 6.29 Å². The Balaban J connectivity index is 2.97. The zero-order valence-corrected chi connectivity index (χ0v) is 10.1. The second-order valence-electron chi connectivity index (χ2n) is 3.02. The minimum absolute atomic E-state index is 0.190. The largest absolute Gasteiger partial charge is 0.493 e. The number of ether oxygens (including phenoxy) is 3. The van der Waals surface area contributed by atoms with Crippen molar-refractivity contribution in [3.05, 3.63) is 22.7 Å². The van der Waals surface area contributed by atoms with Gasteiger partial charge >= 0.3 is 5.97 Å². The summed E-state index contributed by atoms with van der Waals surface area (Å²) in [5, 5.41) is 0.190. The van der Waals surface area contributed by atoms with E-state index in [0.717, 1.165) is 0 Å². The maximum absolute atomic E-state index is 10.9. The number of rotatable bonds is 5. The molecule has 0 saturated carbocycles. The summed E-state index contributed by atoms with van der Waals surface area (Å²) in [5.41, 5.74) is 0.359. The standard InChI is InChI=1S/C11H11ClO5/c1-15-9-4-7(5-13)3-8(12)11(9)17-6-10(14)16-2/h3-5H,6H2,1-2H3. The third kappa shape index (κ3) is 3.35. The van der Waals surface area contributed by atoms with Crippen molar-refractivity contribution in [2.75, 3.05) is 20.8 Å². The Bertz CT molecular complexity index is 430. The molecule has 17 heavy (non-hydrogen) atoms. The first-order valence-corrected chi connectivity index (χ1v) is 5.02. The summed E-state index contributed by atoms with van der Waals surface area (Å²) in [6.45, 7) is -0.285. The Morgan fingerprint density at radius 1 is 1.41 bits per heavy atom. The van der Waals surface area contributed by atoms with Crippen LogP contribution in [0.3, 0.4) is 0 Å². The van der Waals surface area contributed by atoms with Crippen molar-refractivity contribution in [3.63, 3.8) is 0 Å². The number of methoxy groups -OCH3 is 2. The molecule has 1 aromatic carbocycles. The summed E-state index contributed by atoms with van der Waals surface area (Å²) < 4.78 is 14.6. The van der Waals surface area contributed by atoms with E-state index in [0.29, 0.717) is 11.8 Å². The van der Waals surface area contributed by atoms with Crippen molar-refractivity contribution in [2.24, 2.45) is 0 Å². The van der Waals surface area contributed by atoms with Crippen LogP contribution in [0.2, 0.25) is 5.02 Å².